The highest BCUT2D eigenvalue weighted by Crippen LogP contribution is 2.30. The number of nitrogens with one attached hydrogen (secondary N) is 2. The summed E-state index contributed by atoms with van der Waals surface area (Å²) in [5, 5.41) is 19.1. The van der Waals surface area contributed by atoms with Crippen LogP contribution in [-0.4, -0.2) is 49.8 Å². The summed E-state index contributed by atoms with van der Waals surface area (Å²) < 4.78 is 6.72. The summed E-state index contributed by atoms with van der Waals surface area (Å²) in [6.45, 7) is 1.74. The van der Waals surface area contributed by atoms with Crippen LogP contribution < -0.4 is 15.7 Å². The number of quaternary nitrogens is 1. The van der Waals surface area contributed by atoms with Gasteiger partial charge in [0.15, 0.2) is 0 Å². The van der Waals surface area contributed by atoms with Gasteiger partial charge in [0.2, 0.25) is 5.91 Å². The zero-order valence-electron chi connectivity index (χ0n) is 24.8. The Hall–Kier alpha value is -3.47. The maximum absolute atomic E-state index is 12.8. The number of halogens is 1. The Morgan fingerprint density at radius 3 is 2.30 bits per heavy atom. The van der Waals surface area contributed by atoms with Gasteiger partial charge < -0.3 is 19.6 Å². The quantitative estimate of drug-likeness (QED) is 0.150. The molecule has 2 amide bonds. The van der Waals surface area contributed by atoms with Gasteiger partial charge in [0.25, 0.3) is 0 Å². The highest BCUT2D eigenvalue weighted by Gasteiger charge is 2.28. The number of piperidine rings is 1. The third-order valence-electron chi connectivity index (χ3n) is 8.02. The largest absolute Gasteiger partial charge is 0.851 e. The number of hydrogen-bond donors (Lipinski definition) is 2. The number of anilines is 2. The molecule has 1 fully saturated rings. The summed E-state index contributed by atoms with van der Waals surface area (Å²) in [4.78, 5) is 25.5. The van der Waals surface area contributed by atoms with E-state index >= 15 is 0 Å². The summed E-state index contributed by atoms with van der Waals surface area (Å²) in [5.41, 5.74) is 5.22. The van der Waals surface area contributed by atoms with Crippen LogP contribution in [0.5, 0.6) is 0 Å². The second-order valence-electron chi connectivity index (χ2n) is 11.8. The molecule has 1 aliphatic heterocycles. The van der Waals surface area contributed by atoms with Gasteiger partial charge in [0.05, 0.1) is 32.9 Å². The lowest BCUT2D eigenvalue weighted by Gasteiger charge is -2.36. The summed E-state index contributed by atoms with van der Waals surface area (Å²) in [5.74, 6) is -0.0419. The second-order valence-corrected chi connectivity index (χ2v) is 11.8. The van der Waals surface area contributed by atoms with Gasteiger partial charge in [-0.2, -0.15) is 0 Å². The van der Waals surface area contributed by atoms with Crippen LogP contribution in [0.1, 0.15) is 36.8 Å². The van der Waals surface area contributed by atoms with Crippen LogP contribution in [0.15, 0.2) is 84.9 Å². The first kappa shape index (κ1) is 32.4. The first-order valence-electron chi connectivity index (χ1n) is 14.7. The van der Waals surface area contributed by atoms with Crippen molar-refractivity contribution in [1.29, 1.82) is 0 Å². The topological polar surface area (TPSA) is 90.5 Å². The van der Waals surface area contributed by atoms with Gasteiger partial charge in [-0.15, -0.1) is 30.6 Å². The van der Waals surface area contributed by atoms with Crippen molar-refractivity contribution in [3.63, 3.8) is 0 Å². The molecular formula is C35H40IN3O4. The Labute approximate surface area is 270 Å². The van der Waals surface area contributed by atoms with Gasteiger partial charge in [0.1, 0.15) is 6.10 Å². The molecule has 4 aromatic carbocycles. The lowest BCUT2D eigenvalue weighted by molar-refractivity contribution is -0.896. The predicted octanol–water partition coefficient (Wildman–Crippen LogP) is 6.73. The zero-order chi connectivity index (χ0) is 29.5. The molecule has 0 aliphatic carbocycles. The Morgan fingerprint density at radius 1 is 0.860 bits per heavy atom. The Kier molecular flexibility index (Phi) is 11.2. The number of carbonyl (C=O) groups is 2. The Balaban J connectivity index is 0.00000423. The summed E-state index contributed by atoms with van der Waals surface area (Å²) in [6.07, 6.45) is 3.04. The molecule has 0 saturated carbocycles. The van der Waals surface area contributed by atoms with Crippen molar-refractivity contribution in [2.45, 2.75) is 44.8 Å². The average Bonchev–Trinajstić information content (AvgIpc) is 2.99. The first-order valence-corrected chi connectivity index (χ1v) is 14.7. The number of rotatable bonds is 9. The fraction of sp³-hybridized carbons (Fsp3) is 0.314. The number of amides is 2. The van der Waals surface area contributed by atoms with E-state index in [1.54, 1.807) is 0 Å². The molecule has 0 spiro atoms. The lowest BCUT2D eigenvalue weighted by Crippen LogP contribution is -2.48. The molecule has 0 aromatic heterocycles. The van der Waals surface area contributed by atoms with E-state index in [1.807, 2.05) is 78.9 Å². The van der Waals surface area contributed by atoms with Crippen molar-refractivity contribution in [2.75, 3.05) is 37.8 Å². The van der Waals surface area contributed by atoms with Crippen molar-refractivity contribution < 1.29 is 23.9 Å². The van der Waals surface area contributed by atoms with Crippen LogP contribution in [0, 0.1) is 0 Å². The molecule has 226 valence electrons. The summed E-state index contributed by atoms with van der Waals surface area (Å²) in [6, 6.07) is 27.3. The zero-order valence-corrected chi connectivity index (χ0v) is 27.1. The first-order chi connectivity index (χ1) is 20.3. The average molecular weight is 694 g/mol. The molecule has 1 aliphatic rings. The van der Waals surface area contributed by atoms with Crippen molar-refractivity contribution >= 4 is 58.1 Å². The van der Waals surface area contributed by atoms with E-state index in [1.165, 1.54) is 0 Å². The minimum Gasteiger partial charge on any atom is -0.851 e. The Morgan fingerprint density at radius 2 is 1.56 bits per heavy atom. The lowest BCUT2D eigenvalue weighted by atomic mass is 9.98. The number of carbonyl (C=O) groups excluding carboxylic acids is 2. The number of likely N-dealkylation sites (tertiary alicyclic amines) is 1. The molecule has 4 aromatic rings. The molecule has 0 atom stereocenters. The smallest absolute Gasteiger partial charge is 0.411 e. The van der Waals surface area contributed by atoms with Crippen molar-refractivity contribution in [3.8, 4) is 11.1 Å². The molecule has 0 unspecified atom stereocenters. The van der Waals surface area contributed by atoms with Gasteiger partial charge >= 0.3 is 6.09 Å². The minimum atomic E-state index is -0.423. The van der Waals surface area contributed by atoms with E-state index in [2.05, 4.69) is 30.8 Å². The predicted molar refractivity (Wildman–Crippen MR) is 181 cm³/mol. The maximum atomic E-state index is 12.8. The molecule has 7 nitrogen and oxygen atoms in total. The SMILES string of the molecule is C[N+]1(C)CCC(OC(=O)Nc2ccc(CCCC(=O)Nc3ccc4cc(C[O-])ccc4c3)cc2-c2ccccc2)CC1.I. The number of hydrogen-bond acceptors (Lipinski definition) is 4. The number of aryl methyl sites for hydroxylation is 1. The van der Waals surface area contributed by atoms with E-state index in [4.69, 9.17) is 4.74 Å². The third-order valence-corrected chi connectivity index (χ3v) is 8.02. The van der Waals surface area contributed by atoms with E-state index in [0.717, 1.165) is 75.5 Å². The van der Waals surface area contributed by atoms with Crippen LogP contribution in [-0.2, 0) is 22.6 Å². The van der Waals surface area contributed by atoms with Gasteiger partial charge in [-0.3, -0.25) is 10.1 Å². The van der Waals surface area contributed by atoms with Crippen molar-refractivity contribution in [1.82, 2.24) is 0 Å². The molecule has 1 heterocycles. The molecule has 0 radical (unpaired) electrons. The maximum Gasteiger partial charge on any atom is 0.411 e. The van der Waals surface area contributed by atoms with Gasteiger partial charge in [-0.25, -0.2) is 4.79 Å². The monoisotopic (exact) mass is 693 g/mol. The number of nitrogens with zero attached hydrogens (tertiary/aromatic N) is 1. The standard InChI is InChI=1S/C35H39N3O4.HI/c1-38(2)19-17-31(18-20-38)42-35(41)37-33-16-12-25(22-32(33)27-8-4-3-5-9-27)7-6-10-34(40)36-30-15-14-28-21-26(24-39)11-13-29(28)23-30;/h3-5,8-9,11-16,21-23,31H,6-7,10,17-20,24H2,1-2H3,(H,36,40)(H,37,41);1H. The summed E-state index contributed by atoms with van der Waals surface area (Å²) >= 11 is 0. The second kappa shape index (κ2) is 14.8. The molecule has 1 saturated heterocycles. The molecule has 5 rings (SSSR count). The number of ether oxygens (including phenoxy) is 1. The minimum absolute atomic E-state index is 0. The normalized spacial score (nSPS) is 14.5. The van der Waals surface area contributed by atoms with E-state index < -0.39 is 6.09 Å². The molecule has 0 bridgehead atoms. The number of benzene rings is 4. The Bertz CT molecular complexity index is 1550. The van der Waals surface area contributed by atoms with Crippen molar-refractivity contribution in [3.05, 3.63) is 96.1 Å². The molecular weight excluding hydrogens is 653 g/mol. The fourth-order valence-electron chi connectivity index (χ4n) is 5.50. The van der Waals surface area contributed by atoms with Crippen molar-refractivity contribution in [2.24, 2.45) is 0 Å². The molecule has 2 N–H and O–H groups in total. The van der Waals surface area contributed by atoms with Gasteiger partial charge in [-0.1, -0.05) is 66.2 Å². The third kappa shape index (κ3) is 9.01. The van der Waals surface area contributed by atoms with E-state index in [0.29, 0.717) is 18.5 Å². The van der Waals surface area contributed by atoms with E-state index in [9.17, 15) is 14.7 Å². The van der Waals surface area contributed by atoms with Crippen LogP contribution in [0.4, 0.5) is 16.2 Å². The van der Waals surface area contributed by atoms with Gasteiger partial charge in [-0.05, 0) is 59.0 Å². The highest BCUT2D eigenvalue weighted by atomic mass is 127. The van der Waals surface area contributed by atoms with E-state index in [-0.39, 0.29) is 42.6 Å². The molecule has 8 heteroatoms. The van der Waals surface area contributed by atoms with Crippen LogP contribution in [0.3, 0.4) is 0 Å². The van der Waals surface area contributed by atoms with Gasteiger partial charge in [0, 0.05) is 30.5 Å². The van der Waals surface area contributed by atoms with Crippen LogP contribution in [0.25, 0.3) is 21.9 Å². The highest BCUT2D eigenvalue weighted by molar-refractivity contribution is 14.0. The number of fused-ring (bicyclic) bond motifs is 1. The molecule has 43 heavy (non-hydrogen) atoms. The summed E-state index contributed by atoms with van der Waals surface area (Å²) in [7, 11) is 4.41. The van der Waals surface area contributed by atoms with Crippen LogP contribution in [0.2, 0.25) is 0 Å². The fourth-order valence-corrected chi connectivity index (χ4v) is 5.50. The van der Waals surface area contributed by atoms with Crippen LogP contribution >= 0.6 is 24.0 Å².